The minimum absolute atomic E-state index is 0.0834. The molecule has 0 unspecified atom stereocenters. The van der Waals surface area contributed by atoms with Crippen LogP contribution in [0.15, 0.2) is 36.4 Å². The van der Waals surface area contributed by atoms with E-state index in [1.165, 1.54) is 6.92 Å². The van der Waals surface area contributed by atoms with Gasteiger partial charge in [-0.3, -0.25) is 14.4 Å². The molecule has 24 heavy (non-hydrogen) atoms. The van der Waals surface area contributed by atoms with Gasteiger partial charge >= 0.3 is 0 Å². The highest BCUT2D eigenvalue weighted by molar-refractivity contribution is 6.23. The molecular weight excluding hydrogens is 310 g/mol. The normalized spacial score (nSPS) is 36.5. The van der Waals surface area contributed by atoms with Crippen LogP contribution in [0.5, 0.6) is 0 Å². The molecule has 1 aromatic carbocycles. The first-order valence-electron chi connectivity index (χ1n) is 7.83. The summed E-state index contributed by atoms with van der Waals surface area (Å²) in [6, 6.07) is 6.38. The second kappa shape index (κ2) is 4.62. The molecule has 0 aromatic heterocycles. The Morgan fingerprint density at radius 3 is 2.38 bits per heavy atom. The van der Waals surface area contributed by atoms with Crippen molar-refractivity contribution in [3.63, 3.8) is 0 Å². The zero-order valence-electron chi connectivity index (χ0n) is 13.4. The van der Waals surface area contributed by atoms with Crippen molar-refractivity contribution >= 4 is 23.3 Å². The summed E-state index contributed by atoms with van der Waals surface area (Å²) in [5, 5.41) is 9.77. The zero-order chi connectivity index (χ0) is 17.3. The number of fused-ring (bicyclic) bond motifs is 5. The van der Waals surface area contributed by atoms with E-state index in [0.717, 1.165) is 4.90 Å². The van der Waals surface area contributed by atoms with Crippen LogP contribution in [-0.4, -0.2) is 40.5 Å². The molecular formula is C18H17NO5. The predicted octanol–water partition coefficient (Wildman–Crippen LogP) is 1.08. The monoisotopic (exact) mass is 327 g/mol. The van der Waals surface area contributed by atoms with E-state index in [4.69, 9.17) is 4.74 Å². The number of ether oxygens (including phenoxy) is 1. The van der Waals surface area contributed by atoms with E-state index < -0.39 is 23.0 Å². The number of nitrogens with zero attached hydrogens (tertiary/aromatic N) is 1. The molecule has 0 saturated carbocycles. The lowest BCUT2D eigenvalue weighted by molar-refractivity contribution is -0.131. The van der Waals surface area contributed by atoms with Gasteiger partial charge in [0, 0.05) is 5.56 Å². The van der Waals surface area contributed by atoms with Crippen molar-refractivity contribution in [2.75, 3.05) is 11.5 Å². The summed E-state index contributed by atoms with van der Waals surface area (Å²) in [5.74, 6) is -2.16. The number of carbonyl (C=O) groups excluding carboxylic acids is 3. The van der Waals surface area contributed by atoms with Crippen LogP contribution in [0.2, 0.25) is 0 Å². The van der Waals surface area contributed by atoms with Crippen molar-refractivity contribution in [3.8, 4) is 0 Å². The minimum Gasteiger partial charge on any atom is -0.393 e. The average molecular weight is 327 g/mol. The number of benzene rings is 1. The Hall–Kier alpha value is -2.31. The van der Waals surface area contributed by atoms with Crippen molar-refractivity contribution in [1.29, 1.82) is 0 Å². The predicted molar refractivity (Wildman–Crippen MR) is 84.4 cm³/mol. The minimum atomic E-state index is -1.12. The summed E-state index contributed by atoms with van der Waals surface area (Å²) < 4.78 is 5.87. The molecule has 6 nitrogen and oxygen atoms in total. The molecule has 2 saturated heterocycles. The molecule has 1 N–H and O–H groups in total. The fourth-order valence-corrected chi connectivity index (χ4v) is 4.14. The van der Waals surface area contributed by atoms with Gasteiger partial charge in [-0.2, -0.15) is 0 Å². The Morgan fingerprint density at radius 2 is 1.79 bits per heavy atom. The lowest BCUT2D eigenvalue weighted by atomic mass is 9.73. The van der Waals surface area contributed by atoms with Crippen molar-refractivity contribution < 1.29 is 24.2 Å². The van der Waals surface area contributed by atoms with E-state index in [1.54, 1.807) is 43.3 Å². The molecule has 3 aliphatic heterocycles. The van der Waals surface area contributed by atoms with E-state index in [9.17, 15) is 19.5 Å². The van der Waals surface area contributed by atoms with Crippen molar-refractivity contribution in [1.82, 2.24) is 0 Å². The van der Waals surface area contributed by atoms with E-state index >= 15 is 0 Å². The first-order chi connectivity index (χ1) is 11.3. The standard InChI is InChI=1S/C18H17NO5/c1-10(21)11-3-5-12(6-4-11)19-15(22)13-14(16(19)23)18(9-20)8-7-17(13,2)24-18/h3-8,13-14,20H,9H2,1-2H3/t13-,14-,17+,18-/m0/s1. The maximum absolute atomic E-state index is 12.9. The van der Waals surface area contributed by atoms with Gasteiger partial charge in [-0.25, -0.2) is 4.90 Å². The SMILES string of the molecule is CC(=O)c1ccc(N2C(=O)[C@@H]3[C@@H](C2=O)[C@@]2(CO)C=C[C@@]3(C)O2)cc1. The van der Waals surface area contributed by atoms with Crippen LogP contribution in [0.1, 0.15) is 24.2 Å². The molecule has 2 bridgehead atoms. The number of aliphatic hydroxyl groups is 1. The molecule has 0 radical (unpaired) electrons. The Balaban J connectivity index is 1.75. The number of aliphatic hydroxyl groups excluding tert-OH is 1. The highest BCUT2D eigenvalue weighted by Gasteiger charge is 2.72. The maximum Gasteiger partial charge on any atom is 0.241 e. The van der Waals surface area contributed by atoms with Gasteiger partial charge < -0.3 is 9.84 Å². The second-order valence-corrected chi connectivity index (χ2v) is 6.80. The van der Waals surface area contributed by atoms with Gasteiger partial charge in [0.15, 0.2) is 5.78 Å². The summed E-state index contributed by atoms with van der Waals surface area (Å²) >= 11 is 0. The largest absolute Gasteiger partial charge is 0.393 e. The number of rotatable bonds is 3. The van der Waals surface area contributed by atoms with Crippen LogP contribution in [0.4, 0.5) is 5.69 Å². The Kier molecular flexibility index (Phi) is 2.93. The van der Waals surface area contributed by atoms with Gasteiger partial charge in [-0.05, 0) is 38.1 Å². The molecule has 124 valence electrons. The first kappa shape index (κ1) is 15.2. The summed E-state index contributed by atoms with van der Waals surface area (Å²) in [5.41, 5.74) is -1.06. The van der Waals surface area contributed by atoms with Gasteiger partial charge in [-0.1, -0.05) is 12.2 Å². The number of ketones is 1. The van der Waals surface area contributed by atoms with Crippen molar-refractivity contribution in [2.45, 2.75) is 25.0 Å². The smallest absolute Gasteiger partial charge is 0.241 e. The second-order valence-electron chi connectivity index (χ2n) is 6.80. The van der Waals surface area contributed by atoms with Crippen molar-refractivity contribution in [2.24, 2.45) is 11.8 Å². The molecule has 0 spiro atoms. The van der Waals surface area contributed by atoms with Crippen LogP contribution in [-0.2, 0) is 14.3 Å². The molecule has 6 heteroatoms. The number of Topliss-reactive ketones (excluding diaryl/α,β-unsaturated/α-hetero) is 1. The number of hydrogen-bond acceptors (Lipinski definition) is 5. The van der Waals surface area contributed by atoms with E-state index in [0.29, 0.717) is 11.3 Å². The molecule has 2 amide bonds. The van der Waals surface area contributed by atoms with E-state index in [2.05, 4.69) is 0 Å². The molecule has 1 aromatic rings. The number of hydrogen-bond donors (Lipinski definition) is 1. The van der Waals surface area contributed by atoms with E-state index in [-0.39, 0.29) is 24.2 Å². The molecule has 4 rings (SSSR count). The summed E-state index contributed by atoms with van der Waals surface area (Å²) in [4.78, 5) is 38.4. The van der Waals surface area contributed by atoms with Gasteiger partial charge in [-0.15, -0.1) is 0 Å². The third-order valence-electron chi connectivity index (χ3n) is 5.34. The van der Waals surface area contributed by atoms with Crippen LogP contribution < -0.4 is 4.90 Å². The lowest BCUT2D eigenvalue weighted by Crippen LogP contribution is -2.43. The lowest BCUT2D eigenvalue weighted by Gasteiger charge is -2.27. The quantitative estimate of drug-likeness (QED) is 0.510. The third-order valence-corrected chi connectivity index (χ3v) is 5.34. The van der Waals surface area contributed by atoms with Crippen LogP contribution in [0.25, 0.3) is 0 Å². The highest BCUT2D eigenvalue weighted by Crippen LogP contribution is 2.57. The molecule has 3 heterocycles. The number of imide groups is 1. The molecule has 3 aliphatic rings. The summed E-state index contributed by atoms with van der Waals surface area (Å²) in [6.07, 6.45) is 3.46. The van der Waals surface area contributed by atoms with Crippen molar-refractivity contribution in [3.05, 3.63) is 42.0 Å². The van der Waals surface area contributed by atoms with E-state index in [1.807, 2.05) is 0 Å². The number of carbonyl (C=O) groups is 3. The fourth-order valence-electron chi connectivity index (χ4n) is 4.14. The summed E-state index contributed by atoms with van der Waals surface area (Å²) in [6.45, 7) is 2.87. The van der Waals surface area contributed by atoms with Gasteiger partial charge in [0.2, 0.25) is 11.8 Å². The van der Waals surface area contributed by atoms with Gasteiger partial charge in [0.25, 0.3) is 0 Å². The Morgan fingerprint density at radius 1 is 1.17 bits per heavy atom. The highest BCUT2D eigenvalue weighted by atomic mass is 16.5. The molecule has 0 aliphatic carbocycles. The average Bonchev–Trinajstić information content (AvgIpc) is 3.14. The van der Waals surface area contributed by atoms with Crippen LogP contribution in [0.3, 0.4) is 0 Å². The van der Waals surface area contributed by atoms with Crippen LogP contribution >= 0.6 is 0 Å². The first-order valence-corrected chi connectivity index (χ1v) is 7.83. The Bertz CT molecular complexity index is 798. The van der Waals surface area contributed by atoms with Gasteiger partial charge in [0.1, 0.15) is 5.60 Å². The summed E-state index contributed by atoms with van der Waals surface area (Å²) in [7, 11) is 0. The molecule has 4 atom stereocenters. The van der Waals surface area contributed by atoms with Gasteiger partial charge in [0.05, 0.1) is 29.7 Å². The maximum atomic E-state index is 12.9. The zero-order valence-corrected chi connectivity index (χ0v) is 13.4. The number of anilines is 1. The Labute approximate surface area is 138 Å². The number of amides is 2. The molecule has 2 fully saturated rings. The third kappa shape index (κ3) is 1.70. The fraction of sp³-hybridized carbons (Fsp3) is 0.389. The van der Waals surface area contributed by atoms with Crippen LogP contribution in [0, 0.1) is 11.8 Å². The topological polar surface area (TPSA) is 83.9 Å².